The Labute approximate surface area is 131 Å². The number of hydrogen-bond donors (Lipinski definition) is 2. The van der Waals surface area contributed by atoms with Crippen molar-refractivity contribution in [1.82, 2.24) is 15.1 Å². The molecule has 2 rings (SSSR count). The first kappa shape index (κ1) is 16.2. The summed E-state index contributed by atoms with van der Waals surface area (Å²) in [5.74, 6) is -0.314. The van der Waals surface area contributed by atoms with Gasteiger partial charge in [-0.2, -0.15) is 5.10 Å². The molecule has 0 bridgehead atoms. The molecule has 1 amide bonds. The number of amides is 1. The summed E-state index contributed by atoms with van der Waals surface area (Å²) in [5, 5.41) is 6.87. The fourth-order valence-electron chi connectivity index (χ4n) is 1.85. The van der Waals surface area contributed by atoms with Gasteiger partial charge in [0.25, 0.3) is 5.56 Å². The van der Waals surface area contributed by atoms with Crippen LogP contribution in [0.15, 0.2) is 23.0 Å². The van der Waals surface area contributed by atoms with Gasteiger partial charge in [-0.15, -0.1) is 11.3 Å². The Bertz CT molecular complexity index is 723. The van der Waals surface area contributed by atoms with Crippen molar-refractivity contribution in [2.24, 2.45) is 0 Å². The number of anilines is 1. The van der Waals surface area contributed by atoms with E-state index in [9.17, 15) is 9.59 Å². The fourth-order valence-corrected chi connectivity index (χ4v) is 2.67. The molecule has 0 fully saturated rings. The molecule has 2 heterocycles. The highest BCUT2D eigenvalue weighted by Gasteiger charge is 2.12. The van der Waals surface area contributed by atoms with Gasteiger partial charge in [-0.25, -0.2) is 4.68 Å². The van der Waals surface area contributed by atoms with E-state index in [0.717, 1.165) is 14.4 Å². The Balaban J connectivity index is 2.22. The molecule has 8 heteroatoms. The number of carbonyl (C=O) groups is 1. The lowest BCUT2D eigenvalue weighted by Crippen LogP contribution is -2.35. The first-order valence-electron chi connectivity index (χ1n) is 6.71. The maximum atomic E-state index is 12.0. The number of aryl methyl sites for hydroxylation is 1. The third-order valence-electron chi connectivity index (χ3n) is 2.92. The summed E-state index contributed by atoms with van der Waals surface area (Å²) in [5.41, 5.74) is 5.92. The lowest BCUT2D eigenvalue weighted by molar-refractivity contribution is -0.122. The molecule has 3 N–H and O–H groups in total. The summed E-state index contributed by atoms with van der Waals surface area (Å²) in [6.45, 7) is 2.59. The zero-order valence-electron chi connectivity index (χ0n) is 12.5. The molecule has 2 aromatic heterocycles. The van der Waals surface area contributed by atoms with Crippen molar-refractivity contribution < 1.29 is 9.53 Å². The Morgan fingerprint density at radius 1 is 1.50 bits per heavy atom. The van der Waals surface area contributed by atoms with Crippen LogP contribution in [0, 0.1) is 6.92 Å². The Morgan fingerprint density at radius 2 is 2.27 bits per heavy atom. The topological polar surface area (TPSA) is 99.2 Å². The van der Waals surface area contributed by atoms with E-state index in [1.165, 1.54) is 6.07 Å². The molecule has 0 atom stereocenters. The van der Waals surface area contributed by atoms with Crippen LogP contribution >= 0.6 is 11.3 Å². The standard InChI is InChI=1S/C14H18N4O3S/c1-9-3-4-12(22-9)11-7-10(15)14(20)18(17-11)8-13(19)16-5-6-21-2/h3-4,7H,5-6,8,15H2,1-2H3,(H,16,19). The van der Waals surface area contributed by atoms with Gasteiger partial charge in [0, 0.05) is 18.5 Å². The smallest absolute Gasteiger partial charge is 0.290 e. The number of thiophene rings is 1. The predicted octanol–water partition coefficient (Wildman–Crippen LogP) is 0.625. The van der Waals surface area contributed by atoms with E-state index in [-0.39, 0.29) is 18.1 Å². The number of nitrogens with two attached hydrogens (primary N) is 1. The molecule has 0 saturated heterocycles. The number of aromatic nitrogens is 2. The van der Waals surface area contributed by atoms with E-state index in [4.69, 9.17) is 10.5 Å². The second-order valence-corrected chi connectivity index (χ2v) is 5.99. The fraction of sp³-hybridized carbons (Fsp3) is 0.357. The Morgan fingerprint density at radius 3 is 2.91 bits per heavy atom. The third kappa shape index (κ3) is 3.92. The van der Waals surface area contributed by atoms with Crippen molar-refractivity contribution in [3.8, 4) is 10.6 Å². The lowest BCUT2D eigenvalue weighted by atomic mass is 10.3. The van der Waals surface area contributed by atoms with Crippen LogP contribution in [0.5, 0.6) is 0 Å². The van der Waals surface area contributed by atoms with Crippen LogP contribution in [-0.2, 0) is 16.1 Å². The van der Waals surface area contributed by atoms with E-state index >= 15 is 0 Å². The number of nitrogens with zero attached hydrogens (tertiary/aromatic N) is 2. The number of nitrogen functional groups attached to an aromatic ring is 1. The highest BCUT2D eigenvalue weighted by Crippen LogP contribution is 2.25. The van der Waals surface area contributed by atoms with Gasteiger partial charge in [0.2, 0.25) is 5.91 Å². The van der Waals surface area contributed by atoms with Crippen LogP contribution in [0.25, 0.3) is 10.6 Å². The van der Waals surface area contributed by atoms with E-state index in [2.05, 4.69) is 10.4 Å². The minimum atomic E-state index is -0.473. The van der Waals surface area contributed by atoms with E-state index in [1.807, 2.05) is 19.1 Å². The molecule has 0 saturated carbocycles. The molecule has 0 spiro atoms. The Hall–Kier alpha value is -2.19. The van der Waals surface area contributed by atoms with Crippen LogP contribution in [0.3, 0.4) is 0 Å². The summed E-state index contributed by atoms with van der Waals surface area (Å²) < 4.78 is 5.93. The summed E-state index contributed by atoms with van der Waals surface area (Å²) in [6.07, 6.45) is 0. The average Bonchev–Trinajstić information content (AvgIpc) is 2.90. The van der Waals surface area contributed by atoms with Gasteiger partial charge in [0.1, 0.15) is 17.9 Å². The number of ether oxygens (including phenoxy) is 1. The largest absolute Gasteiger partial charge is 0.394 e. The number of rotatable bonds is 6. The van der Waals surface area contributed by atoms with Gasteiger partial charge in [0.05, 0.1) is 11.5 Å². The zero-order chi connectivity index (χ0) is 16.1. The number of hydrogen-bond acceptors (Lipinski definition) is 6. The molecule has 118 valence electrons. The van der Waals surface area contributed by atoms with Gasteiger partial charge in [0.15, 0.2) is 0 Å². The first-order chi connectivity index (χ1) is 10.5. The minimum absolute atomic E-state index is 0.0701. The number of nitrogens with one attached hydrogen (secondary N) is 1. The molecular weight excluding hydrogens is 304 g/mol. The monoisotopic (exact) mass is 322 g/mol. The van der Waals surface area contributed by atoms with Crippen molar-refractivity contribution in [1.29, 1.82) is 0 Å². The second kappa shape index (κ2) is 7.19. The maximum absolute atomic E-state index is 12.0. The van der Waals surface area contributed by atoms with Crippen LogP contribution in [-0.4, -0.2) is 35.9 Å². The Kier molecular flexibility index (Phi) is 5.29. The van der Waals surface area contributed by atoms with Gasteiger partial charge in [-0.1, -0.05) is 0 Å². The third-order valence-corrected chi connectivity index (χ3v) is 3.94. The van der Waals surface area contributed by atoms with Gasteiger partial charge >= 0.3 is 0 Å². The quantitative estimate of drug-likeness (QED) is 0.760. The molecule has 0 aromatic carbocycles. The summed E-state index contributed by atoms with van der Waals surface area (Å²) in [6, 6.07) is 5.41. The van der Waals surface area contributed by atoms with Crippen molar-refractivity contribution in [2.45, 2.75) is 13.5 Å². The van der Waals surface area contributed by atoms with Crippen molar-refractivity contribution in [2.75, 3.05) is 26.0 Å². The highest BCUT2D eigenvalue weighted by atomic mass is 32.1. The van der Waals surface area contributed by atoms with E-state index in [1.54, 1.807) is 18.4 Å². The number of carbonyl (C=O) groups excluding carboxylic acids is 1. The molecule has 2 aromatic rings. The van der Waals surface area contributed by atoms with Crippen LogP contribution in [0.4, 0.5) is 5.69 Å². The van der Waals surface area contributed by atoms with Crippen LogP contribution in [0.2, 0.25) is 0 Å². The van der Waals surface area contributed by atoms with Crippen molar-refractivity contribution >= 4 is 22.9 Å². The van der Waals surface area contributed by atoms with Crippen LogP contribution < -0.4 is 16.6 Å². The molecule has 0 aliphatic heterocycles. The molecule has 0 aliphatic carbocycles. The summed E-state index contributed by atoms with van der Waals surface area (Å²) in [7, 11) is 1.55. The minimum Gasteiger partial charge on any atom is -0.394 e. The normalized spacial score (nSPS) is 10.6. The number of methoxy groups -OCH3 is 1. The van der Waals surface area contributed by atoms with E-state index < -0.39 is 5.56 Å². The SMILES string of the molecule is COCCNC(=O)Cn1nc(-c2ccc(C)s2)cc(N)c1=O. The molecule has 7 nitrogen and oxygen atoms in total. The highest BCUT2D eigenvalue weighted by molar-refractivity contribution is 7.15. The van der Waals surface area contributed by atoms with E-state index in [0.29, 0.717) is 18.8 Å². The molecule has 0 radical (unpaired) electrons. The van der Waals surface area contributed by atoms with Crippen molar-refractivity contribution in [3.63, 3.8) is 0 Å². The predicted molar refractivity (Wildman–Crippen MR) is 85.8 cm³/mol. The first-order valence-corrected chi connectivity index (χ1v) is 7.53. The summed E-state index contributed by atoms with van der Waals surface area (Å²) >= 11 is 1.55. The second-order valence-electron chi connectivity index (χ2n) is 4.70. The average molecular weight is 322 g/mol. The molecule has 0 aliphatic rings. The van der Waals surface area contributed by atoms with Gasteiger partial charge < -0.3 is 15.8 Å². The van der Waals surface area contributed by atoms with Crippen molar-refractivity contribution in [3.05, 3.63) is 33.4 Å². The molecular formula is C14H18N4O3S. The molecule has 0 unspecified atom stereocenters. The summed E-state index contributed by atoms with van der Waals surface area (Å²) in [4.78, 5) is 25.8. The van der Waals surface area contributed by atoms with Crippen LogP contribution in [0.1, 0.15) is 4.88 Å². The van der Waals surface area contributed by atoms with Gasteiger partial charge in [-0.05, 0) is 25.1 Å². The zero-order valence-corrected chi connectivity index (χ0v) is 13.3. The van der Waals surface area contributed by atoms with Gasteiger partial charge in [-0.3, -0.25) is 9.59 Å². The lowest BCUT2D eigenvalue weighted by Gasteiger charge is -2.08. The maximum Gasteiger partial charge on any atom is 0.290 e. The molecule has 22 heavy (non-hydrogen) atoms.